The number of benzene rings is 2. The number of carbonyl (C=O) groups is 1. The minimum Gasteiger partial charge on any atom is -0.487 e. The summed E-state index contributed by atoms with van der Waals surface area (Å²) in [5.41, 5.74) is 1.22. The highest BCUT2D eigenvalue weighted by Crippen LogP contribution is 2.42. The van der Waals surface area contributed by atoms with E-state index in [-0.39, 0.29) is 30.5 Å². The topological polar surface area (TPSA) is 75.7 Å². The predicted octanol–water partition coefficient (Wildman–Crippen LogP) is 5.09. The molecule has 0 saturated carbocycles. The largest absolute Gasteiger partial charge is 0.487 e. The van der Waals surface area contributed by atoms with Gasteiger partial charge in [-0.05, 0) is 49.6 Å². The number of nitrogens with zero attached hydrogens (tertiary/aromatic N) is 1. The number of rotatable bonds is 9. The lowest BCUT2D eigenvalue weighted by Crippen LogP contribution is -2.44. The standard InChI is InChI=1S/C24H31ClN2O4S/c1-4-24(5-2)17-21(20-9-6-7-10-22(20)31-24)26-23(28)11-8-16-27(32(3,29)30)19-14-12-18(25)13-15-19/h6-7,9-10,12-15,21H,4-5,8,11,16-17H2,1-3H3,(H,26,28)/t21-/m1/s1. The molecule has 0 fully saturated rings. The van der Waals surface area contributed by atoms with E-state index in [1.807, 2.05) is 24.3 Å². The number of amides is 1. The maximum atomic E-state index is 12.8. The summed E-state index contributed by atoms with van der Waals surface area (Å²) in [7, 11) is -3.48. The molecule has 1 N–H and O–H groups in total. The maximum absolute atomic E-state index is 12.8. The number of carbonyl (C=O) groups excluding carboxylic acids is 1. The van der Waals surface area contributed by atoms with Gasteiger partial charge in [0, 0.05) is 30.0 Å². The minimum absolute atomic E-state index is 0.0997. The molecule has 174 valence electrons. The summed E-state index contributed by atoms with van der Waals surface area (Å²) in [5, 5.41) is 3.69. The van der Waals surface area contributed by atoms with Crippen molar-refractivity contribution >= 4 is 33.2 Å². The van der Waals surface area contributed by atoms with Crippen LogP contribution in [0.5, 0.6) is 5.75 Å². The van der Waals surface area contributed by atoms with Gasteiger partial charge in [0.25, 0.3) is 0 Å². The monoisotopic (exact) mass is 478 g/mol. The van der Waals surface area contributed by atoms with E-state index in [1.54, 1.807) is 24.3 Å². The van der Waals surface area contributed by atoms with E-state index in [9.17, 15) is 13.2 Å². The molecule has 0 aromatic heterocycles. The number of nitrogens with one attached hydrogen (secondary N) is 1. The molecule has 1 aliphatic rings. The second kappa shape index (κ2) is 10.1. The van der Waals surface area contributed by atoms with Gasteiger partial charge in [-0.2, -0.15) is 0 Å². The SMILES string of the molecule is CCC1(CC)C[C@@H](NC(=O)CCCN(c2ccc(Cl)cc2)S(C)(=O)=O)c2ccccc2O1. The van der Waals surface area contributed by atoms with E-state index in [4.69, 9.17) is 16.3 Å². The minimum atomic E-state index is -3.48. The lowest BCUT2D eigenvalue weighted by atomic mass is 9.83. The summed E-state index contributed by atoms with van der Waals surface area (Å²) in [5.74, 6) is 0.719. The lowest BCUT2D eigenvalue weighted by molar-refractivity contribution is -0.122. The quantitative estimate of drug-likeness (QED) is 0.545. The molecule has 3 rings (SSSR count). The molecule has 0 bridgehead atoms. The average Bonchev–Trinajstić information content (AvgIpc) is 2.76. The smallest absolute Gasteiger partial charge is 0.232 e. The second-order valence-corrected chi connectivity index (χ2v) is 10.6. The Hall–Kier alpha value is -2.25. The summed E-state index contributed by atoms with van der Waals surface area (Å²) in [6.07, 6.45) is 4.21. The number of para-hydroxylation sites is 1. The molecule has 6 nitrogen and oxygen atoms in total. The molecule has 1 amide bonds. The zero-order chi connectivity index (χ0) is 23.4. The van der Waals surface area contributed by atoms with Gasteiger partial charge in [0.2, 0.25) is 15.9 Å². The number of fused-ring (bicyclic) bond motifs is 1. The van der Waals surface area contributed by atoms with E-state index >= 15 is 0 Å². The summed E-state index contributed by atoms with van der Waals surface area (Å²) in [6.45, 7) is 4.42. The van der Waals surface area contributed by atoms with Crippen molar-refractivity contribution in [1.29, 1.82) is 0 Å². The Morgan fingerprint density at radius 2 is 1.81 bits per heavy atom. The molecule has 1 aliphatic heterocycles. The van der Waals surface area contributed by atoms with E-state index in [0.29, 0.717) is 23.6 Å². The number of halogens is 1. The molecule has 0 radical (unpaired) electrons. The highest BCUT2D eigenvalue weighted by atomic mass is 35.5. The van der Waals surface area contributed by atoms with Crippen LogP contribution in [0.3, 0.4) is 0 Å². The van der Waals surface area contributed by atoms with Gasteiger partial charge in [-0.25, -0.2) is 8.42 Å². The third-order valence-electron chi connectivity index (χ3n) is 6.10. The van der Waals surface area contributed by atoms with Gasteiger partial charge < -0.3 is 10.1 Å². The van der Waals surface area contributed by atoms with Gasteiger partial charge >= 0.3 is 0 Å². The number of ether oxygens (including phenoxy) is 1. The van der Waals surface area contributed by atoms with Crippen LogP contribution in [0.15, 0.2) is 48.5 Å². The molecular formula is C24H31ClN2O4S. The van der Waals surface area contributed by atoms with E-state index in [1.165, 1.54) is 4.31 Å². The first kappa shape index (κ1) is 24.4. The van der Waals surface area contributed by atoms with Crippen LogP contribution in [0.25, 0.3) is 0 Å². The van der Waals surface area contributed by atoms with Crippen LogP contribution in [0.2, 0.25) is 5.02 Å². The van der Waals surface area contributed by atoms with Crippen molar-refractivity contribution in [2.24, 2.45) is 0 Å². The average molecular weight is 479 g/mol. The van der Waals surface area contributed by atoms with E-state index in [0.717, 1.165) is 30.4 Å². The Balaban J connectivity index is 1.65. The first-order valence-corrected chi connectivity index (χ1v) is 13.2. The summed E-state index contributed by atoms with van der Waals surface area (Å²) in [4.78, 5) is 12.8. The summed E-state index contributed by atoms with van der Waals surface area (Å²) in [6, 6.07) is 14.3. The van der Waals surface area contributed by atoms with Gasteiger partial charge in [-0.1, -0.05) is 43.6 Å². The van der Waals surface area contributed by atoms with E-state index < -0.39 is 10.0 Å². The molecule has 0 spiro atoms. The van der Waals surface area contributed by atoms with Crippen LogP contribution in [0.1, 0.15) is 57.6 Å². The molecule has 8 heteroatoms. The summed E-state index contributed by atoms with van der Waals surface area (Å²) < 4.78 is 32.1. The number of hydrogen-bond acceptors (Lipinski definition) is 4. The van der Waals surface area contributed by atoms with Gasteiger partial charge in [0.15, 0.2) is 0 Å². The van der Waals surface area contributed by atoms with Crippen molar-refractivity contribution in [3.63, 3.8) is 0 Å². The van der Waals surface area contributed by atoms with E-state index in [2.05, 4.69) is 19.2 Å². The molecule has 32 heavy (non-hydrogen) atoms. The Bertz CT molecular complexity index is 1040. The highest BCUT2D eigenvalue weighted by Gasteiger charge is 2.38. The second-order valence-electron chi connectivity index (χ2n) is 8.27. The van der Waals surface area contributed by atoms with Gasteiger partial charge in [0.05, 0.1) is 18.0 Å². The normalized spacial score (nSPS) is 17.2. The molecule has 0 aliphatic carbocycles. The zero-order valence-electron chi connectivity index (χ0n) is 18.8. The number of hydrogen-bond donors (Lipinski definition) is 1. The molecule has 0 unspecified atom stereocenters. The van der Waals surface area contributed by atoms with Crippen LogP contribution in [0.4, 0.5) is 5.69 Å². The first-order valence-electron chi connectivity index (χ1n) is 11.0. The van der Waals surface area contributed by atoms with Crippen LogP contribution >= 0.6 is 11.6 Å². The number of sulfonamides is 1. The third kappa shape index (κ3) is 5.75. The Labute approximate surface area is 196 Å². The van der Waals surface area contributed by atoms with Crippen LogP contribution < -0.4 is 14.4 Å². The fourth-order valence-corrected chi connectivity index (χ4v) is 5.26. The lowest BCUT2D eigenvalue weighted by Gasteiger charge is -2.41. The Morgan fingerprint density at radius 1 is 1.16 bits per heavy atom. The molecule has 2 aromatic rings. The van der Waals surface area contributed by atoms with Crippen LogP contribution in [-0.2, 0) is 14.8 Å². The van der Waals surface area contributed by atoms with Crippen molar-refractivity contribution in [3.8, 4) is 5.75 Å². The molecule has 2 aromatic carbocycles. The van der Waals surface area contributed by atoms with Crippen molar-refractivity contribution in [2.75, 3.05) is 17.1 Å². The van der Waals surface area contributed by atoms with Crippen LogP contribution in [-0.4, -0.2) is 32.7 Å². The molecular weight excluding hydrogens is 448 g/mol. The van der Waals surface area contributed by atoms with Crippen molar-refractivity contribution in [3.05, 3.63) is 59.1 Å². The Kier molecular flexibility index (Phi) is 7.72. The number of anilines is 1. The van der Waals surface area contributed by atoms with Gasteiger partial charge in [-0.15, -0.1) is 0 Å². The third-order valence-corrected chi connectivity index (χ3v) is 7.55. The first-order chi connectivity index (χ1) is 15.2. The maximum Gasteiger partial charge on any atom is 0.232 e. The summed E-state index contributed by atoms with van der Waals surface area (Å²) >= 11 is 5.92. The fraction of sp³-hybridized carbons (Fsp3) is 0.458. The molecule has 1 atom stereocenters. The predicted molar refractivity (Wildman–Crippen MR) is 129 cm³/mol. The van der Waals surface area contributed by atoms with Crippen molar-refractivity contribution in [1.82, 2.24) is 5.32 Å². The molecule has 0 saturated heterocycles. The van der Waals surface area contributed by atoms with Crippen molar-refractivity contribution < 1.29 is 17.9 Å². The van der Waals surface area contributed by atoms with Crippen LogP contribution in [0, 0.1) is 0 Å². The van der Waals surface area contributed by atoms with Gasteiger partial charge in [-0.3, -0.25) is 9.10 Å². The molecule has 1 heterocycles. The highest BCUT2D eigenvalue weighted by molar-refractivity contribution is 7.92. The fourth-order valence-electron chi connectivity index (χ4n) is 4.17. The van der Waals surface area contributed by atoms with Crippen molar-refractivity contribution in [2.45, 2.75) is 57.6 Å². The van der Waals surface area contributed by atoms with Gasteiger partial charge in [0.1, 0.15) is 11.4 Å². The zero-order valence-corrected chi connectivity index (χ0v) is 20.4. The Morgan fingerprint density at radius 3 is 2.44 bits per heavy atom.